The topological polar surface area (TPSA) is 66.8 Å². The van der Waals surface area contributed by atoms with Crippen molar-refractivity contribution in [1.29, 1.82) is 0 Å². The number of ether oxygens (including phenoxy) is 1. The predicted octanol–water partition coefficient (Wildman–Crippen LogP) is 2.35. The molecule has 2 rings (SSSR count). The maximum absolute atomic E-state index is 10.8. The zero-order chi connectivity index (χ0) is 11.9. The van der Waals surface area contributed by atoms with Crippen LogP contribution >= 0.6 is 15.9 Å². The second-order valence-electron chi connectivity index (χ2n) is 3.83. The molecule has 1 aliphatic carbocycles. The molecule has 2 unspecified atom stereocenters. The fraction of sp³-hybridized carbons (Fsp3) is 0.364. The molecule has 1 fully saturated rings. The van der Waals surface area contributed by atoms with Crippen LogP contribution in [0.2, 0.25) is 0 Å². The minimum Gasteiger partial charge on any atom is -0.504 e. The third kappa shape index (κ3) is 1.87. The van der Waals surface area contributed by atoms with E-state index in [9.17, 15) is 9.90 Å². The highest BCUT2D eigenvalue weighted by atomic mass is 79.9. The lowest BCUT2D eigenvalue weighted by molar-refractivity contribution is -0.138. The molecule has 0 radical (unpaired) electrons. The van der Waals surface area contributed by atoms with Gasteiger partial charge in [-0.2, -0.15) is 0 Å². The third-order valence-electron chi connectivity index (χ3n) is 2.81. The van der Waals surface area contributed by atoms with E-state index in [0.717, 1.165) is 10.0 Å². The van der Waals surface area contributed by atoms with E-state index in [4.69, 9.17) is 9.84 Å². The Hall–Kier alpha value is -1.23. The molecule has 2 N–H and O–H groups in total. The maximum atomic E-state index is 10.8. The molecular formula is C11H11BrO4. The van der Waals surface area contributed by atoms with Crippen LogP contribution in [0.4, 0.5) is 0 Å². The van der Waals surface area contributed by atoms with Gasteiger partial charge < -0.3 is 14.9 Å². The van der Waals surface area contributed by atoms with Crippen LogP contribution in [0, 0.1) is 5.92 Å². The first kappa shape index (κ1) is 11.3. The number of halogens is 1. The fourth-order valence-corrected chi connectivity index (χ4v) is 2.44. The zero-order valence-corrected chi connectivity index (χ0v) is 10.2. The Labute approximate surface area is 101 Å². The molecule has 0 aromatic heterocycles. The molecule has 0 aliphatic heterocycles. The Balaban J connectivity index is 2.32. The van der Waals surface area contributed by atoms with Gasteiger partial charge in [0.05, 0.1) is 13.0 Å². The van der Waals surface area contributed by atoms with Crippen LogP contribution in [0.5, 0.6) is 11.5 Å². The summed E-state index contributed by atoms with van der Waals surface area (Å²) in [4.78, 5) is 10.8. The maximum Gasteiger partial charge on any atom is 0.307 e. The number of hydrogen-bond donors (Lipinski definition) is 2. The largest absolute Gasteiger partial charge is 0.504 e. The second-order valence-corrected chi connectivity index (χ2v) is 4.69. The van der Waals surface area contributed by atoms with Crippen LogP contribution in [-0.2, 0) is 4.79 Å². The molecule has 4 nitrogen and oxygen atoms in total. The van der Waals surface area contributed by atoms with Crippen molar-refractivity contribution in [1.82, 2.24) is 0 Å². The first-order valence-electron chi connectivity index (χ1n) is 4.83. The van der Waals surface area contributed by atoms with Gasteiger partial charge in [0.15, 0.2) is 11.5 Å². The van der Waals surface area contributed by atoms with E-state index in [1.165, 1.54) is 13.2 Å². The number of carboxylic acid groups (broad SMARTS) is 1. The van der Waals surface area contributed by atoms with Gasteiger partial charge in [-0.05, 0) is 30.0 Å². The minimum absolute atomic E-state index is 0.0152. The molecule has 0 heterocycles. The number of carbonyl (C=O) groups is 1. The average molecular weight is 287 g/mol. The van der Waals surface area contributed by atoms with E-state index in [1.807, 2.05) is 0 Å². The number of hydrogen-bond acceptors (Lipinski definition) is 3. The van der Waals surface area contributed by atoms with Crippen molar-refractivity contribution in [2.24, 2.45) is 5.92 Å². The van der Waals surface area contributed by atoms with Crippen LogP contribution in [0.15, 0.2) is 16.6 Å². The summed E-state index contributed by atoms with van der Waals surface area (Å²) in [7, 11) is 1.47. The lowest BCUT2D eigenvalue weighted by Gasteiger charge is -2.08. The number of rotatable bonds is 3. The summed E-state index contributed by atoms with van der Waals surface area (Å²) < 4.78 is 5.72. The number of aromatic hydroxyl groups is 1. The first-order chi connectivity index (χ1) is 7.54. The van der Waals surface area contributed by atoms with E-state index in [1.54, 1.807) is 6.07 Å². The van der Waals surface area contributed by atoms with Gasteiger partial charge in [0, 0.05) is 4.47 Å². The number of phenolic OH excluding ortho intramolecular Hbond substituents is 1. The average Bonchev–Trinajstić information content (AvgIpc) is 2.97. The van der Waals surface area contributed by atoms with E-state index in [-0.39, 0.29) is 17.6 Å². The molecule has 5 heteroatoms. The summed E-state index contributed by atoms with van der Waals surface area (Å²) in [6.45, 7) is 0. The predicted molar refractivity (Wildman–Crippen MR) is 60.8 cm³/mol. The molecular weight excluding hydrogens is 276 g/mol. The summed E-state index contributed by atoms with van der Waals surface area (Å²) >= 11 is 3.32. The van der Waals surface area contributed by atoms with Gasteiger partial charge >= 0.3 is 5.97 Å². The molecule has 16 heavy (non-hydrogen) atoms. The number of benzene rings is 1. The summed E-state index contributed by atoms with van der Waals surface area (Å²) in [6, 6.07) is 3.22. The van der Waals surface area contributed by atoms with Gasteiger partial charge in [-0.15, -0.1) is 0 Å². The number of methoxy groups -OCH3 is 1. The van der Waals surface area contributed by atoms with Crippen LogP contribution in [0.1, 0.15) is 17.9 Å². The molecule has 1 aromatic carbocycles. The Morgan fingerprint density at radius 2 is 2.25 bits per heavy atom. The number of phenols is 1. The Kier molecular flexibility index (Phi) is 2.80. The second kappa shape index (κ2) is 3.97. The molecule has 2 atom stereocenters. The van der Waals surface area contributed by atoms with Crippen molar-refractivity contribution in [3.8, 4) is 11.5 Å². The van der Waals surface area contributed by atoms with Crippen molar-refractivity contribution >= 4 is 21.9 Å². The Morgan fingerprint density at radius 1 is 1.56 bits per heavy atom. The Morgan fingerprint density at radius 3 is 2.75 bits per heavy atom. The van der Waals surface area contributed by atoms with E-state index in [2.05, 4.69) is 15.9 Å². The van der Waals surface area contributed by atoms with Crippen molar-refractivity contribution in [2.45, 2.75) is 12.3 Å². The summed E-state index contributed by atoms with van der Waals surface area (Å²) in [5, 5.41) is 18.4. The van der Waals surface area contributed by atoms with E-state index < -0.39 is 5.97 Å². The highest BCUT2D eigenvalue weighted by Crippen LogP contribution is 2.51. The highest BCUT2D eigenvalue weighted by molar-refractivity contribution is 9.10. The monoisotopic (exact) mass is 286 g/mol. The molecule has 0 saturated heterocycles. The molecule has 1 aliphatic rings. The van der Waals surface area contributed by atoms with Gasteiger partial charge in [0.2, 0.25) is 0 Å². The van der Waals surface area contributed by atoms with Crippen LogP contribution in [0.3, 0.4) is 0 Å². The quantitative estimate of drug-likeness (QED) is 0.895. The summed E-state index contributed by atoms with van der Waals surface area (Å²) in [5.41, 5.74) is 0.877. The third-order valence-corrected chi connectivity index (χ3v) is 3.49. The van der Waals surface area contributed by atoms with Crippen molar-refractivity contribution in [3.05, 3.63) is 22.2 Å². The zero-order valence-electron chi connectivity index (χ0n) is 8.61. The van der Waals surface area contributed by atoms with Crippen LogP contribution in [0.25, 0.3) is 0 Å². The number of aliphatic carboxylic acids is 1. The normalized spacial score (nSPS) is 22.9. The SMILES string of the molecule is COc1cc(C2CC2C(=O)O)c(Br)cc1O. The molecule has 86 valence electrons. The minimum atomic E-state index is -0.774. The van der Waals surface area contributed by atoms with E-state index >= 15 is 0 Å². The van der Waals surface area contributed by atoms with Crippen molar-refractivity contribution in [3.63, 3.8) is 0 Å². The van der Waals surface area contributed by atoms with Gasteiger partial charge in [0.1, 0.15) is 0 Å². The van der Waals surface area contributed by atoms with Gasteiger partial charge in [0.25, 0.3) is 0 Å². The van der Waals surface area contributed by atoms with Crippen molar-refractivity contribution < 1.29 is 19.7 Å². The van der Waals surface area contributed by atoms with Gasteiger partial charge in [-0.1, -0.05) is 15.9 Å². The lowest BCUT2D eigenvalue weighted by atomic mass is 10.1. The number of carboxylic acids is 1. The van der Waals surface area contributed by atoms with Gasteiger partial charge in [-0.25, -0.2) is 0 Å². The molecule has 1 aromatic rings. The van der Waals surface area contributed by atoms with Crippen LogP contribution < -0.4 is 4.74 Å². The summed E-state index contributed by atoms with van der Waals surface area (Å²) in [6.07, 6.45) is 0.641. The molecule has 0 amide bonds. The molecule has 1 saturated carbocycles. The van der Waals surface area contributed by atoms with E-state index in [0.29, 0.717) is 12.2 Å². The molecule has 0 spiro atoms. The summed E-state index contributed by atoms with van der Waals surface area (Å²) in [5.74, 6) is -0.657. The van der Waals surface area contributed by atoms with Crippen LogP contribution in [-0.4, -0.2) is 23.3 Å². The highest BCUT2D eigenvalue weighted by Gasteiger charge is 2.45. The van der Waals surface area contributed by atoms with Gasteiger partial charge in [-0.3, -0.25) is 4.79 Å². The molecule has 0 bridgehead atoms. The Bertz CT molecular complexity index is 444. The fourth-order valence-electron chi connectivity index (χ4n) is 1.82. The standard InChI is InChI=1S/C11H11BrO4/c1-16-10-3-6(8(12)4-9(10)13)5-2-7(5)11(14)15/h3-5,7,13H,2H2,1H3,(H,14,15). The lowest BCUT2D eigenvalue weighted by Crippen LogP contribution is -1.99. The first-order valence-corrected chi connectivity index (χ1v) is 5.63. The van der Waals surface area contributed by atoms with Crippen molar-refractivity contribution in [2.75, 3.05) is 7.11 Å². The smallest absolute Gasteiger partial charge is 0.307 e.